The molecule has 4 rings (SSSR count). The normalized spacial score (nSPS) is 17.0. The van der Waals surface area contributed by atoms with Crippen LogP contribution in [0.15, 0.2) is 48.5 Å². The van der Waals surface area contributed by atoms with Gasteiger partial charge in [0.05, 0.1) is 11.0 Å². The summed E-state index contributed by atoms with van der Waals surface area (Å²) in [5.41, 5.74) is 4.47. The maximum absolute atomic E-state index is 12.8. The van der Waals surface area contributed by atoms with E-state index in [1.165, 1.54) is 11.1 Å². The van der Waals surface area contributed by atoms with E-state index in [-0.39, 0.29) is 11.8 Å². The quantitative estimate of drug-likeness (QED) is 0.611. The number of anilines is 1. The van der Waals surface area contributed by atoms with Gasteiger partial charge in [0.25, 0.3) is 0 Å². The standard InChI is InChI=1S/C24H30N4O/c1-4-18-10-12-20(13-11-18)28-17-19(16-23(28)29)24-25-21-8-5-6-9-22(21)27(24)15-7-14-26(2)3/h5-6,8-13,19H,4,7,14-17H2,1-3H3/t19-/m1/s1. The van der Waals surface area contributed by atoms with Gasteiger partial charge in [-0.25, -0.2) is 4.98 Å². The smallest absolute Gasteiger partial charge is 0.227 e. The van der Waals surface area contributed by atoms with Crippen molar-refractivity contribution < 1.29 is 4.79 Å². The number of hydrogen-bond acceptors (Lipinski definition) is 3. The van der Waals surface area contributed by atoms with Gasteiger partial charge in [0, 0.05) is 31.1 Å². The Bertz CT molecular complexity index is 990. The van der Waals surface area contributed by atoms with E-state index in [9.17, 15) is 4.79 Å². The minimum atomic E-state index is 0.125. The van der Waals surface area contributed by atoms with Crippen molar-refractivity contribution in [2.24, 2.45) is 0 Å². The van der Waals surface area contributed by atoms with Gasteiger partial charge in [-0.2, -0.15) is 0 Å². The highest BCUT2D eigenvalue weighted by atomic mass is 16.2. The minimum absolute atomic E-state index is 0.125. The van der Waals surface area contributed by atoms with E-state index in [0.717, 1.165) is 43.0 Å². The van der Waals surface area contributed by atoms with E-state index in [4.69, 9.17) is 4.98 Å². The van der Waals surface area contributed by atoms with Crippen LogP contribution in [-0.4, -0.2) is 47.5 Å². The van der Waals surface area contributed by atoms with Gasteiger partial charge in [-0.3, -0.25) is 4.79 Å². The number of fused-ring (bicyclic) bond motifs is 1. The summed E-state index contributed by atoms with van der Waals surface area (Å²) < 4.78 is 2.33. The predicted molar refractivity (Wildman–Crippen MR) is 118 cm³/mol. The van der Waals surface area contributed by atoms with Crippen molar-refractivity contribution in [2.75, 3.05) is 32.1 Å². The molecule has 5 heteroatoms. The highest BCUT2D eigenvalue weighted by molar-refractivity contribution is 5.96. The van der Waals surface area contributed by atoms with Crippen molar-refractivity contribution in [1.82, 2.24) is 14.5 Å². The summed E-state index contributed by atoms with van der Waals surface area (Å²) in [5.74, 6) is 1.36. The van der Waals surface area contributed by atoms with E-state index >= 15 is 0 Å². The molecule has 1 fully saturated rings. The van der Waals surface area contributed by atoms with Gasteiger partial charge in [0.1, 0.15) is 5.82 Å². The van der Waals surface area contributed by atoms with Crippen molar-refractivity contribution >= 4 is 22.6 Å². The second-order valence-electron chi connectivity index (χ2n) is 8.19. The molecular formula is C24H30N4O. The molecule has 0 bridgehead atoms. The molecule has 1 aromatic heterocycles. The Labute approximate surface area is 172 Å². The first-order valence-electron chi connectivity index (χ1n) is 10.6. The fourth-order valence-corrected chi connectivity index (χ4v) is 4.23. The fourth-order valence-electron chi connectivity index (χ4n) is 4.23. The molecule has 29 heavy (non-hydrogen) atoms. The van der Waals surface area contributed by atoms with Gasteiger partial charge >= 0.3 is 0 Å². The number of aromatic nitrogens is 2. The maximum atomic E-state index is 12.8. The Morgan fingerprint density at radius 1 is 1.10 bits per heavy atom. The van der Waals surface area contributed by atoms with E-state index in [1.807, 2.05) is 11.0 Å². The van der Waals surface area contributed by atoms with Crippen LogP contribution in [0.5, 0.6) is 0 Å². The van der Waals surface area contributed by atoms with Crippen LogP contribution in [0.3, 0.4) is 0 Å². The highest BCUT2D eigenvalue weighted by Gasteiger charge is 2.34. The molecule has 1 aliphatic heterocycles. The summed E-state index contributed by atoms with van der Waals surface area (Å²) in [6, 6.07) is 16.7. The Morgan fingerprint density at radius 3 is 2.59 bits per heavy atom. The van der Waals surface area contributed by atoms with Gasteiger partial charge in [-0.15, -0.1) is 0 Å². The number of hydrogen-bond donors (Lipinski definition) is 0. The molecule has 0 spiro atoms. The van der Waals surface area contributed by atoms with Crippen LogP contribution in [0.25, 0.3) is 11.0 Å². The van der Waals surface area contributed by atoms with Gasteiger partial charge < -0.3 is 14.4 Å². The third-order valence-corrected chi connectivity index (χ3v) is 5.82. The number of rotatable bonds is 7. The van der Waals surface area contributed by atoms with Crippen LogP contribution in [0.4, 0.5) is 5.69 Å². The van der Waals surface area contributed by atoms with Crippen molar-refractivity contribution in [1.29, 1.82) is 0 Å². The molecule has 0 saturated carbocycles. The Morgan fingerprint density at radius 2 is 1.86 bits per heavy atom. The van der Waals surface area contributed by atoms with Crippen LogP contribution in [0.2, 0.25) is 0 Å². The first-order chi connectivity index (χ1) is 14.1. The SMILES string of the molecule is CCc1ccc(N2C[C@H](c3nc4ccccc4n3CCCN(C)C)CC2=O)cc1. The summed E-state index contributed by atoms with van der Waals surface area (Å²) >= 11 is 0. The maximum Gasteiger partial charge on any atom is 0.227 e. The third kappa shape index (κ3) is 4.06. The number of amides is 1. The Kier molecular flexibility index (Phi) is 5.67. The Hall–Kier alpha value is -2.66. The minimum Gasteiger partial charge on any atom is -0.328 e. The van der Waals surface area contributed by atoms with E-state index in [2.05, 4.69) is 73.0 Å². The summed E-state index contributed by atoms with van der Waals surface area (Å²) in [6.45, 7) is 4.80. The number of aryl methyl sites for hydroxylation is 2. The molecule has 0 N–H and O–H groups in total. The molecule has 5 nitrogen and oxygen atoms in total. The fraction of sp³-hybridized carbons (Fsp3) is 0.417. The molecule has 1 aliphatic rings. The summed E-state index contributed by atoms with van der Waals surface area (Å²) in [5, 5.41) is 0. The van der Waals surface area contributed by atoms with Crippen LogP contribution in [-0.2, 0) is 17.8 Å². The molecule has 0 radical (unpaired) electrons. The van der Waals surface area contributed by atoms with Crippen LogP contribution < -0.4 is 4.90 Å². The molecule has 1 amide bonds. The molecule has 3 aromatic rings. The zero-order valence-electron chi connectivity index (χ0n) is 17.6. The van der Waals surface area contributed by atoms with Gasteiger partial charge in [0.2, 0.25) is 5.91 Å². The van der Waals surface area contributed by atoms with Crippen LogP contribution in [0, 0.1) is 0 Å². The zero-order chi connectivity index (χ0) is 20.4. The van der Waals surface area contributed by atoms with Crippen molar-refractivity contribution in [2.45, 2.75) is 38.6 Å². The molecule has 0 unspecified atom stereocenters. The number of para-hydroxylation sites is 2. The molecule has 1 saturated heterocycles. The molecule has 1 atom stereocenters. The van der Waals surface area contributed by atoms with Gasteiger partial charge in [-0.05, 0) is 63.3 Å². The number of carbonyl (C=O) groups excluding carboxylic acids is 1. The largest absolute Gasteiger partial charge is 0.328 e. The van der Waals surface area contributed by atoms with Crippen molar-refractivity contribution in [3.8, 4) is 0 Å². The number of imidazole rings is 1. The lowest BCUT2D eigenvalue weighted by molar-refractivity contribution is -0.117. The van der Waals surface area contributed by atoms with E-state index < -0.39 is 0 Å². The number of benzene rings is 2. The average Bonchev–Trinajstić information content (AvgIpc) is 3.28. The van der Waals surface area contributed by atoms with E-state index in [0.29, 0.717) is 13.0 Å². The highest BCUT2D eigenvalue weighted by Crippen LogP contribution is 2.33. The van der Waals surface area contributed by atoms with Crippen LogP contribution in [0.1, 0.15) is 37.1 Å². The lowest BCUT2D eigenvalue weighted by Crippen LogP contribution is -2.24. The number of carbonyl (C=O) groups is 1. The van der Waals surface area contributed by atoms with Crippen molar-refractivity contribution in [3.63, 3.8) is 0 Å². The first kappa shape index (κ1) is 19.6. The van der Waals surface area contributed by atoms with E-state index in [1.54, 1.807) is 0 Å². The third-order valence-electron chi connectivity index (χ3n) is 5.82. The van der Waals surface area contributed by atoms with Gasteiger partial charge in [-0.1, -0.05) is 31.2 Å². The first-order valence-corrected chi connectivity index (χ1v) is 10.6. The molecule has 2 heterocycles. The summed E-state index contributed by atoms with van der Waals surface area (Å²) in [7, 11) is 4.20. The second kappa shape index (κ2) is 8.37. The van der Waals surface area contributed by atoms with Gasteiger partial charge in [0.15, 0.2) is 0 Å². The average molecular weight is 391 g/mol. The topological polar surface area (TPSA) is 41.4 Å². The second-order valence-corrected chi connectivity index (χ2v) is 8.19. The van der Waals surface area contributed by atoms with Crippen molar-refractivity contribution in [3.05, 3.63) is 59.9 Å². The lowest BCUT2D eigenvalue weighted by Gasteiger charge is -2.18. The predicted octanol–water partition coefficient (Wildman–Crippen LogP) is 4.07. The number of nitrogens with zero attached hydrogens (tertiary/aromatic N) is 4. The lowest BCUT2D eigenvalue weighted by atomic mass is 10.1. The van der Waals surface area contributed by atoms with Crippen LogP contribution >= 0.6 is 0 Å². The Balaban J connectivity index is 1.61. The molecule has 0 aliphatic carbocycles. The summed E-state index contributed by atoms with van der Waals surface area (Å²) in [6.07, 6.45) is 2.59. The molecular weight excluding hydrogens is 360 g/mol. The molecule has 152 valence electrons. The monoisotopic (exact) mass is 390 g/mol. The molecule has 2 aromatic carbocycles. The summed E-state index contributed by atoms with van der Waals surface area (Å²) in [4.78, 5) is 21.9. The zero-order valence-corrected chi connectivity index (χ0v) is 17.6.